The number of aromatic nitrogens is 1. The summed E-state index contributed by atoms with van der Waals surface area (Å²) < 4.78 is 0. The second kappa shape index (κ2) is 13.8. The Kier molecular flexibility index (Phi) is 9.92. The molecule has 3 amide bonds. The van der Waals surface area contributed by atoms with E-state index >= 15 is 0 Å². The zero-order valence-corrected chi connectivity index (χ0v) is 23.0. The van der Waals surface area contributed by atoms with Crippen LogP contribution in [0.2, 0.25) is 0 Å². The zero-order valence-electron chi connectivity index (χ0n) is 23.0. The maximum atomic E-state index is 13.8. The van der Waals surface area contributed by atoms with Crippen LogP contribution in [0.15, 0.2) is 60.8 Å². The van der Waals surface area contributed by atoms with E-state index in [2.05, 4.69) is 15.6 Å². The number of fused-ring (bicyclic) bond motifs is 1. The number of hydrogen-bond acceptors (Lipinski definition) is 6. The molecule has 4 atom stereocenters. The Morgan fingerprint density at radius 1 is 0.952 bits per heavy atom. The average molecular weight is 578 g/mol. The summed E-state index contributed by atoms with van der Waals surface area (Å²) in [6, 6.07) is 12.4. The van der Waals surface area contributed by atoms with Gasteiger partial charge in [-0.2, -0.15) is 0 Å². The molecule has 4 unspecified atom stereocenters. The quantitative estimate of drug-likeness (QED) is 0.174. The molecule has 0 saturated carbocycles. The van der Waals surface area contributed by atoms with Crippen LogP contribution in [0.5, 0.6) is 0 Å². The Labute approximate surface area is 242 Å². The molecular weight excluding hydrogens is 542 g/mol. The van der Waals surface area contributed by atoms with E-state index in [4.69, 9.17) is 10.8 Å². The van der Waals surface area contributed by atoms with E-state index in [1.54, 1.807) is 6.20 Å². The molecule has 12 heteroatoms. The van der Waals surface area contributed by atoms with Gasteiger partial charge in [-0.3, -0.25) is 19.2 Å². The summed E-state index contributed by atoms with van der Waals surface area (Å²) in [6.45, 7) is 0.242. The minimum Gasteiger partial charge on any atom is -0.481 e. The smallest absolute Gasteiger partial charge is 0.326 e. The van der Waals surface area contributed by atoms with Gasteiger partial charge in [-0.05, 0) is 42.9 Å². The number of rotatable bonds is 13. The van der Waals surface area contributed by atoms with Crippen molar-refractivity contribution >= 4 is 40.6 Å². The minimum absolute atomic E-state index is 0.159. The molecule has 0 aliphatic carbocycles. The topological polar surface area (TPSA) is 195 Å². The lowest BCUT2D eigenvalue weighted by molar-refractivity contribution is -0.145. The zero-order chi connectivity index (χ0) is 30.2. The van der Waals surface area contributed by atoms with E-state index in [0.29, 0.717) is 12.8 Å². The number of aliphatic carboxylic acids is 2. The molecule has 7 N–H and O–H groups in total. The number of carbonyl (C=O) groups is 5. The highest BCUT2D eigenvalue weighted by Crippen LogP contribution is 2.21. The monoisotopic (exact) mass is 577 g/mol. The fourth-order valence-electron chi connectivity index (χ4n) is 5.26. The lowest BCUT2D eigenvalue weighted by Gasteiger charge is -2.30. The number of H-pyrrole nitrogens is 1. The molecule has 222 valence electrons. The molecule has 1 aromatic heterocycles. The van der Waals surface area contributed by atoms with Crippen LogP contribution in [0.25, 0.3) is 10.9 Å². The van der Waals surface area contributed by atoms with Crippen molar-refractivity contribution in [2.75, 3.05) is 6.54 Å². The Morgan fingerprint density at radius 2 is 1.67 bits per heavy atom. The highest BCUT2D eigenvalue weighted by atomic mass is 16.4. The fourth-order valence-corrected chi connectivity index (χ4v) is 5.26. The van der Waals surface area contributed by atoms with Crippen LogP contribution in [0.4, 0.5) is 0 Å². The van der Waals surface area contributed by atoms with E-state index < -0.39 is 60.2 Å². The molecule has 1 aliphatic rings. The van der Waals surface area contributed by atoms with E-state index in [0.717, 1.165) is 22.0 Å². The van der Waals surface area contributed by atoms with Gasteiger partial charge in [0.15, 0.2) is 0 Å². The second-order valence-electron chi connectivity index (χ2n) is 10.4. The summed E-state index contributed by atoms with van der Waals surface area (Å²) in [7, 11) is 0. The van der Waals surface area contributed by atoms with Crippen molar-refractivity contribution in [1.29, 1.82) is 0 Å². The molecule has 0 spiro atoms. The van der Waals surface area contributed by atoms with Gasteiger partial charge >= 0.3 is 11.9 Å². The first-order chi connectivity index (χ1) is 20.1. The SMILES string of the molecule is NC(Cc1c[nH]c2ccccc12)C(=O)NC(Cc1ccccc1)C(=O)N1CCCC1C(=O)NC(CCC(=O)O)C(=O)O. The molecule has 0 bridgehead atoms. The standard InChI is InChI=1S/C30H35N5O7/c31-21(16-19-17-32-22-10-5-4-9-20(19)22)27(38)34-24(15-18-7-2-1-3-8-18)29(40)35-14-6-11-25(35)28(39)33-23(30(41)42)12-13-26(36)37/h1-5,7-10,17,21,23-25,32H,6,11-16,31H2,(H,33,39)(H,34,38)(H,36,37)(H,41,42). The molecular formula is C30H35N5O7. The van der Waals surface area contributed by atoms with Crippen LogP contribution in [-0.4, -0.2) is 80.5 Å². The number of likely N-dealkylation sites (tertiary alicyclic amines) is 1. The third kappa shape index (κ3) is 7.52. The maximum Gasteiger partial charge on any atom is 0.326 e. The van der Waals surface area contributed by atoms with Gasteiger partial charge in [0.25, 0.3) is 0 Å². The molecule has 1 saturated heterocycles. The first-order valence-electron chi connectivity index (χ1n) is 13.8. The van der Waals surface area contributed by atoms with Crippen LogP contribution in [0, 0.1) is 0 Å². The highest BCUT2D eigenvalue weighted by molar-refractivity contribution is 5.95. The van der Waals surface area contributed by atoms with E-state index in [1.807, 2.05) is 54.6 Å². The van der Waals surface area contributed by atoms with Gasteiger partial charge in [0, 0.05) is 36.5 Å². The number of nitrogens with zero attached hydrogens (tertiary/aromatic N) is 1. The molecule has 2 heterocycles. The number of nitrogens with one attached hydrogen (secondary N) is 3. The molecule has 0 radical (unpaired) electrons. The molecule has 3 aromatic rings. The number of nitrogens with two attached hydrogens (primary N) is 1. The van der Waals surface area contributed by atoms with Crippen molar-refractivity contribution < 1.29 is 34.2 Å². The van der Waals surface area contributed by atoms with Crippen molar-refractivity contribution in [3.05, 3.63) is 71.9 Å². The van der Waals surface area contributed by atoms with Gasteiger partial charge in [-0.15, -0.1) is 0 Å². The van der Waals surface area contributed by atoms with Gasteiger partial charge in [-0.25, -0.2) is 4.79 Å². The van der Waals surface area contributed by atoms with E-state index in [-0.39, 0.29) is 25.8 Å². The Morgan fingerprint density at radius 3 is 2.38 bits per heavy atom. The van der Waals surface area contributed by atoms with Gasteiger partial charge in [0.2, 0.25) is 17.7 Å². The normalized spacial score (nSPS) is 16.9. The van der Waals surface area contributed by atoms with Crippen molar-refractivity contribution in [2.24, 2.45) is 5.73 Å². The highest BCUT2D eigenvalue weighted by Gasteiger charge is 2.39. The molecule has 1 aliphatic heterocycles. The number of carboxylic acid groups (broad SMARTS) is 2. The number of amides is 3. The van der Waals surface area contributed by atoms with Crippen molar-refractivity contribution in [2.45, 2.75) is 62.7 Å². The number of benzene rings is 2. The van der Waals surface area contributed by atoms with E-state index in [1.165, 1.54) is 4.90 Å². The van der Waals surface area contributed by atoms with Gasteiger partial charge in [-0.1, -0.05) is 48.5 Å². The molecule has 42 heavy (non-hydrogen) atoms. The van der Waals surface area contributed by atoms with Gasteiger partial charge in [0.1, 0.15) is 18.1 Å². The molecule has 4 rings (SSSR count). The predicted octanol–water partition coefficient (Wildman–Crippen LogP) is 1.19. The molecule has 2 aromatic carbocycles. The summed E-state index contributed by atoms with van der Waals surface area (Å²) in [5.74, 6) is -4.23. The minimum atomic E-state index is -1.41. The van der Waals surface area contributed by atoms with Crippen molar-refractivity contribution in [3.8, 4) is 0 Å². The first kappa shape index (κ1) is 30.3. The molecule has 12 nitrogen and oxygen atoms in total. The third-order valence-corrected chi connectivity index (χ3v) is 7.45. The third-order valence-electron chi connectivity index (χ3n) is 7.45. The Bertz CT molecular complexity index is 1440. The van der Waals surface area contributed by atoms with Crippen molar-refractivity contribution in [1.82, 2.24) is 20.5 Å². The number of carbonyl (C=O) groups excluding carboxylic acids is 3. The first-order valence-corrected chi connectivity index (χ1v) is 13.8. The maximum absolute atomic E-state index is 13.8. The average Bonchev–Trinajstić information content (AvgIpc) is 3.62. The van der Waals surface area contributed by atoms with E-state index in [9.17, 15) is 29.1 Å². The lowest BCUT2D eigenvalue weighted by atomic mass is 10.0. The Hall–Kier alpha value is -4.71. The van der Waals surface area contributed by atoms with Crippen LogP contribution in [-0.2, 0) is 36.8 Å². The van der Waals surface area contributed by atoms with Gasteiger partial charge < -0.3 is 36.5 Å². The number of para-hydroxylation sites is 1. The summed E-state index contributed by atoms with van der Waals surface area (Å²) in [6.07, 6.45) is 2.28. The van der Waals surface area contributed by atoms with Crippen molar-refractivity contribution in [3.63, 3.8) is 0 Å². The second-order valence-corrected chi connectivity index (χ2v) is 10.4. The van der Waals surface area contributed by atoms with Crippen LogP contribution in [0.3, 0.4) is 0 Å². The number of aromatic amines is 1. The number of hydrogen-bond donors (Lipinski definition) is 6. The number of carboxylic acids is 2. The van der Waals surface area contributed by atoms with Crippen LogP contribution < -0.4 is 16.4 Å². The predicted molar refractivity (Wildman–Crippen MR) is 153 cm³/mol. The summed E-state index contributed by atoms with van der Waals surface area (Å²) >= 11 is 0. The summed E-state index contributed by atoms with van der Waals surface area (Å²) in [5, 5.41) is 24.5. The Balaban J connectivity index is 1.48. The fraction of sp³-hybridized carbons (Fsp3) is 0.367. The van der Waals surface area contributed by atoms with Crippen LogP contribution >= 0.6 is 0 Å². The largest absolute Gasteiger partial charge is 0.481 e. The summed E-state index contributed by atoms with van der Waals surface area (Å²) in [4.78, 5) is 67.2. The van der Waals surface area contributed by atoms with Gasteiger partial charge in [0.05, 0.1) is 6.04 Å². The molecule has 1 fully saturated rings. The van der Waals surface area contributed by atoms with Crippen LogP contribution in [0.1, 0.15) is 36.8 Å². The summed E-state index contributed by atoms with van der Waals surface area (Å²) in [5.41, 5.74) is 8.87. The lowest BCUT2D eigenvalue weighted by Crippen LogP contribution is -2.57.